The number of hydrogen-bond acceptors (Lipinski definition) is 5. The highest BCUT2D eigenvalue weighted by atomic mass is 16.3. The van der Waals surface area contributed by atoms with Gasteiger partial charge in [-0.25, -0.2) is 0 Å². The van der Waals surface area contributed by atoms with Crippen molar-refractivity contribution in [3.63, 3.8) is 0 Å². The first-order chi connectivity index (χ1) is 10.1. The largest absolute Gasteiger partial charge is 0.393 e. The smallest absolute Gasteiger partial charge is 0.246 e. The summed E-state index contributed by atoms with van der Waals surface area (Å²) in [5.74, 6) is -0.151. The van der Waals surface area contributed by atoms with Gasteiger partial charge in [0, 0.05) is 6.54 Å². The van der Waals surface area contributed by atoms with Gasteiger partial charge in [0.15, 0.2) is 0 Å². The van der Waals surface area contributed by atoms with Crippen LogP contribution in [0.25, 0.3) is 11.0 Å². The molecule has 0 spiro atoms. The fourth-order valence-electron chi connectivity index (χ4n) is 2.65. The average molecular weight is 290 g/mol. The molecule has 0 aliphatic carbocycles. The van der Waals surface area contributed by atoms with Crippen LogP contribution in [0.3, 0.4) is 0 Å². The topological polar surface area (TPSA) is 91.5 Å². The number of aliphatic hydroxyl groups is 2. The maximum atomic E-state index is 12.3. The Labute approximate surface area is 121 Å². The number of β-amino-alcohol motifs (C(OH)–C–C–N with tert-alkyl or cyclic N) is 1. The van der Waals surface area contributed by atoms with E-state index >= 15 is 0 Å². The van der Waals surface area contributed by atoms with Gasteiger partial charge in [0.2, 0.25) is 5.91 Å². The van der Waals surface area contributed by atoms with Crippen molar-refractivity contribution in [1.82, 2.24) is 19.9 Å². The first-order valence-electron chi connectivity index (χ1n) is 7.01. The molecule has 1 atom stereocenters. The van der Waals surface area contributed by atoms with Crippen molar-refractivity contribution in [2.24, 2.45) is 0 Å². The third kappa shape index (κ3) is 2.88. The normalized spacial score (nSPS) is 22.7. The highest BCUT2D eigenvalue weighted by Crippen LogP contribution is 2.20. The van der Waals surface area contributed by atoms with E-state index in [2.05, 4.69) is 10.2 Å². The molecule has 0 saturated carbocycles. The predicted octanol–water partition coefficient (Wildman–Crippen LogP) is -0.223. The highest BCUT2D eigenvalue weighted by molar-refractivity contribution is 5.77. The zero-order chi connectivity index (χ0) is 14.9. The first-order valence-corrected chi connectivity index (χ1v) is 7.01. The standard InChI is InChI=1S/C14H18N4O3/c19-10-14(21)6-3-7-17(9-14)13(20)8-18-15-11-4-1-2-5-12(11)16-18/h1-2,4-5,19,21H,3,6-10H2. The van der Waals surface area contributed by atoms with E-state index in [9.17, 15) is 15.0 Å². The minimum Gasteiger partial charge on any atom is -0.393 e. The Morgan fingerprint density at radius 3 is 2.57 bits per heavy atom. The van der Waals surface area contributed by atoms with E-state index in [0.29, 0.717) is 19.4 Å². The van der Waals surface area contributed by atoms with Crippen LogP contribution in [0.4, 0.5) is 0 Å². The van der Waals surface area contributed by atoms with Crippen LogP contribution < -0.4 is 0 Å². The van der Waals surface area contributed by atoms with E-state index in [1.54, 1.807) is 4.90 Å². The van der Waals surface area contributed by atoms with Gasteiger partial charge in [-0.2, -0.15) is 15.0 Å². The second kappa shape index (κ2) is 5.42. The molecule has 2 heterocycles. The lowest BCUT2D eigenvalue weighted by Crippen LogP contribution is -2.53. The van der Waals surface area contributed by atoms with Gasteiger partial charge >= 0.3 is 0 Å². The summed E-state index contributed by atoms with van der Waals surface area (Å²) in [6.07, 6.45) is 1.19. The summed E-state index contributed by atoms with van der Waals surface area (Å²) in [6, 6.07) is 7.42. The van der Waals surface area contributed by atoms with Crippen LogP contribution in [0.1, 0.15) is 12.8 Å². The summed E-state index contributed by atoms with van der Waals surface area (Å²) in [4.78, 5) is 15.2. The van der Waals surface area contributed by atoms with E-state index in [1.807, 2.05) is 24.3 Å². The van der Waals surface area contributed by atoms with Crippen LogP contribution in [0, 0.1) is 0 Å². The molecule has 0 bridgehead atoms. The molecule has 1 saturated heterocycles. The van der Waals surface area contributed by atoms with Crippen LogP contribution in [-0.4, -0.2) is 61.3 Å². The van der Waals surface area contributed by atoms with E-state index in [4.69, 9.17) is 0 Å². The molecule has 2 aromatic rings. The zero-order valence-corrected chi connectivity index (χ0v) is 11.6. The van der Waals surface area contributed by atoms with Crippen LogP contribution >= 0.6 is 0 Å². The quantitative estimate of drug-likeness (QED) is 0.815. The molecule has 3 rings (SSSR count). The summed E-state index contributed by atoms with van der Waals surface area (Å²) >= 11 is 0. The molecular weight excluding hydrogens is 272 g/mol. The zero-order valence-electron chi connectivity index (χ0n) is 11.6. The molecule has 1 aromatic heterocycles. The molecule has 1 fully saturated rings. The number of benzene rings is 1. The third-order valence-corrected chi connectivity index (χ3v) is 3.81. The Bertz CT molecular complexity index is 623. The van der Waals surface area contributed by atoms with Crippen molar-refractivity contribution in [3.05, 3.63) is 24.3 Å². The molecule has 21 heavy (non-hydrogen) atoms. The van der Waals surface area contributed by atoms with Crippen molar-refractivity contribution in [2.45, 2.75) is 25.0 Å². The van der Waals surface area contributed by atoms with Crippen molar-refractivity contribution in [3.8, 4) is 0 Å². The number of fused-ring (bicyclic) bond motifs is 1. The summed E-state index contributed by atoms with van der Waals surface area (Å²) in [5, 5.41) is 27.8. The van der Waals surface area contributed by atoms with Gasteiger partial charge in [-0.15, -0.1) is 0 Å². The maximum Gasteiger partial charge on any atom is 0.246 e. The summed E-state index contributed by atoms with van der Waals surface area (Å²) in [5.41, 5.74) is 0.308. The van der Waals surface area contributed by atoms with Crippen LogP contribution in [0.2, 0.25) is 0 Å². The van der Waals surface area contributed by atoms with Crippen molar-refractivity contribution in [1.29, 1.82) is 0 Å². The number of carbonyl (C=O) groups excluding carboxylic acids is 1. The van der Waals surface area contributed by atoms with E-state index in [-0.39, 0.29) is 25.6 Å². The lowest BCUT2D eigenvalue weighted by Gasteiger charge is -2.37. The SMILES string of the molecule is O=C(Cn1nc2ccccc2n1)N1CCCC(O)(CO)C1. The monoisotopic (exact) mass is 290 g/mol. The third-order valence-electron chi connectivity index (χ3n) is 3.81. The minimum absolute atomic E-state index is 0.0379. The molecule has 1 amide bonds. The van der Waals surface area contributed by atoms with Crippen LogP contribution in [0.15, 0.2) is 24.3 Å². The van der Waals surface area contributed by atoms with Gasteiger partial charge in [0.25, 0.3) is 0 Å². The average Bonchev–Trinajstić information content (AvgIpc) is 2.89. The Morgan fingerprint density at radius 2 is 1.95 bits per heavy atom. The van der Waals surface area contributed by atoms with Gasteiger partial charge < -0.3 is 15.1 Å². The molecule has 1 aliphatic rings. The van der Waals surface area contributed by atoms with Gasteiger partial charge in [-0.1, -0.05) is 12.1 Å². The maximum absolute atomic E-state index is 12.3. The van der Waals surface area contributed by atoms with E-state index < -0.39 is 5.60 Å². The number of nitrogens with zero attached hydrogens (tertiary/aromatic N) is 4. The Kier molecular flexibility index (Phi) is 3.60. The van der Waals surface area contributed by atoms with Gasteiger partial charge in [-0.05, 0) is 25.0 Å². The molecule has 7 nitrogen and oxygen atoms in total. The Hall–Kier alpha value is -1.99. The number of carbonyl (C=O) groups is 1. The van der Waals surface area contributed by atoms with Crippen molar-refractivity contribution < 1.29 is 15.0 Å². The van der Waals surface area contributed by atoms with Gasteiger partial charge in [0.05, 0.1) is 13.2 Å². The number of aliphatic hydroxyl groups excluding tert-OH is 1. The van der Waals surface area contributed by atoms with E-state index in [0.717, 1.165) is 11.0 Å². The number of hydrogen-bond donors (Lipinski definition) is 2. The number of likely N-dealkylation sites (tertiary alicyclic amines) is 1. The molecule has 1 unspecified atom stereocenters. The van der Waals surface area contributed by atoms with Crippen LogP contribution in [0.5, 0.6) is 0 Å². The van der Waals surface area contributed by atoms with Gasteiger partial charge in [-0.3, -0.25) is 4.79 Å². The molecule has 0 radical (unpaired) electrons. The number of piperidine rings is 1. The molecule has 1 aliphatic heterocycles. The number of aromatic nitrogens is 3. The molecular formula is C14H18N4O3. The van der Waals surface area contributed by atoms with Crippen LogP contribution in [-0.2, 0) is 11.3 Å². The Morgan fingerprint density at radius 1 is 1.29 bits per heavy atom. The second-order valence-electron chi connectivity index (χ2n) is 5.52. The van der Waals surface area contributed by atoms with E-state index in [1.165, 1.54) is 4.80 Å². The fraction of sp³-hybridized carbons (Fsp3) is 0.500. The minimum atomic E-state index is -1.18. The van der Waals surface area contributed by atoms with Gasteiger partial charge in [0.1, 0.15) is 23.2 Å². The molecule has 1 aromatic carbocycles. The second-order valence-corrected chi connectivity index (χ2v) is 5.52. The Balaban J connectivity index is 1.71. The number of amides is 1. The first kappa shape index (κ1) is 14.0. The fourth-order valence-corrected chi connectivity index (χ4v) is 2.65. The highest BCUT2D eigenvalue weighted by Gasteiger charge is 2.34. The van der Waals surface area contributed by atoms with Crippen molar-refractivity contribution >= 4 is 16.9 Å². The summed E-state index contributed by atoms with van der Waals surface area (Å²) in [7, 11) is 0. The molecule has 112 valence electrons. The predicted molar refractivity (Wildman–Crippen MR) is 75.4 cm³/mol. The molecule has 7 heteroatoms. The molecule has 2 N–H and O–H groups in total. The lowest BCUT2D eigenvalue weighted by atomic mass is 9.94. The number of rotatable bonds is 3. The lowest BCUT2D eigenvalue weighted by molar-refractivity contribution is -0.141. The summed E-state index contributed by atoms with van der Waals surface area (Å²) in [6.45, 7) is 0.446. The van der Waals surface area contributed by atoms with Crippen molar-refractivity contribution in [2.75, 3.05) is 19.7 Å². The summed E-state index contributed by atoms with van der Waals surface area (Å²) < 4.78 is 0.